The van der Waals surface area contributed by atoms with E-state index in [2.05, 4.69) is 31.9 Å². The van der Waals surface area contributed by atoms with Gasteiger partial charge in [0.05, 0.1) is 12.1 Å². The monoisotopic (exact) mass is 602 g/mol. The van der Waals surface area contributed by atoms with Gasteiger partial charge in [-0.1, -0.05) is 0 Å². The van der Waals surface area contributed by atoms with Crippen molar-refractivity contribution in [3.63, 3.8) is 0 Å². The molecule has 0 saturated heterocycles. The number of ketones is 1. The second kappa shape index (κ2) is 20.2. The average Bonchev–Trinajstić information content (AvgIpc) is 2.92. The third-order valence-corrected chi connectivity index (χ3v) is 6.07. The summed E-state index contributed by atoms with van der Waals surface area (Å²) in [5.41, 5.74) is 11.0. The van der Waals surface area contributed by atoms with Crippen LogP contribution in [0.1, 0.15) is 52.9 Å². The lowest BCUT2D eigenvalue weighted by Gasteiger charge is -2.26. The number of hydrogen-bond acceptors (Lipinski definition) is 11. The summed E-state index contributed by atoms with van der Waals surface area (Å²) < 4.78 is 0. The van der Waals surface area contributed by atoms with E-state index in [9.17, 15) is 38.7 Å². The Labute approximate surface area is 244 Å². The Morgan fingerprint density at radius 3 is 1.79 bits per heavy atom. The number of carbonyl (C=O) groups excluding carboxylic acids is 6. The number of carbonyl (C=O) groups is 7. The number of Topliss-reactive ketones (excluding diaryl/α,β-unsaturated/α-hetero) is 1. The highest BCUT2D eigenvalue weighted by Crippen LogP contribution is 2.04. The molecule has 1 unspecified atom stereocenters. The number of amides is 5. The number of hydrogen-bond donors (Lipinski definition) is 10. The summed E-state index contributed by atoms with van der Waals surface area (Å²) in [5.74, 6) is -6.71. The molecule has 0 saturated carbocycles. The fraction of sp³-hybridized carbons (Fsp3) is 0.720. The van der Waals surface area contributed by atoms with E-state index in [0.717, 1.165) is 0 Å². The van der Waals surface area contributed by atoms with Crippen LogP contribution in [-0.2, 0) is 33.6 Å². The number of aliphatic hydroxyl groups is 1. The van der Waals surface area contributed by atoms with Crippen LogP contribution in [0.25, 0.3) is 0 Å². The Bertz CT molecular complexity index is 947. The Morgan fingerprint density at radius 1 is 0.690 bits per heavy atom. The molecule has 240 valence electrons. The molecule has 17 heteroatoms. The molecule has 0 spiro atoms. The van der Waals surface area contributed by atoms with Crippen molar-refractivity contribution in [1.29, 1.82) is 0 Å². The summed E-state index contributed by atoms with van der Waals surface area (Å²) in [4.78, 5) is 85.8. The van der Waals surface area contributed by atoms with Crippen molar-refractivity contribution in [2.75, 3.05) is 26.7 Å². The maximum atomic E-state index is 13.0. The lowest BCUT2D eigenvalue weighted by Crippen LogP contribution is -2.60. The molecule has 42 heavy (non-hydrogen) atoms. The molecule has 12 N–H and O–H groups in total. The highest BCUT2D eigenvalue weighted by atomic mass is 16.4. The lowest BCUT2D eigenvalue weighted by molar-refractivity contribution is -0.150. The molecular formula is C25H46N8O9. The smallest absolute Gasteiger partial charge is 0.374 e. The summed E-state index contributed by atoms with van der Waals surface area (Å²) in [6.07, 6.45) is 0.0122. The maximum absolute atomic E-state index is 13.0. The van der Waals surface area contributed by atoms with Crippen LogP contribution in [-0.4, -0.2) is 114 Å². The first-order chi connectivity index (χ1) is 19.7. The van der Waals surface area contributed by atoms with Gasteiger partial charge in [-0.15, -0.1) is 0 Å². The zero-order valence-electron chi connectivity index (χ0n) is 24.5. The molecule has 0 aliphatic rings. The summed E-state index contributed by atoms with van der Waals surface area (Å²) >= 11 is 0. The van der Waals surface area contributed by atoms with Crippen LogP contribution in [0.5, 0.6) is 0 Å². The molecule has 0 aliphatic carbocycles. The minimum Gasteiger partial charge on any atom is -0.475 e. The number of nitrogens with two attached hydrogens (primary N) is 2. The van der Waals surface area contributed by atoms with Crippen LogP contribution < -0.4 is 43.4 Å². The van der Waals surface area contributed by atoms with Crippen molar-refractivity contribution in [2.45, 2.75) is 89.2 Å². The van der Waals surface area contributed by atoms with Crippen molar-refractivity contribution in [1.82, 2.24) is 31.9 Å². The summed E-state index contributed by atoms with van der Waals surface area (Å²) in [6, 6.07) is -6.37. The van der Waals surface area contributed by atoms with Crippen molar-refractivity contribution in [2.24, 2.45) is 11.5 Å². The van der Waals surface area contributed by atoms with Gasteiger partial charge in [-0.3, -0.25) is 28.8 Å². The third kappa shape index (κ3) is 14.3. The quantitative estimate of drug-likeness (QED) is 0.0440. The standard InChI is InChI=1S/C25H46N8O9/c1-13(20(36)25(41)42)29-22(38)17(8-11-27)32-21(37)14(2)30-24(40)19(15(3)34)33-23(39)16(7-5-6-10-26)31-18(35)9-12-28-4/h13-17,19,28,34H,5-12,26-27H2,1-4H3,(H,29,38)(H,30,40)(H,31,35)(H,32,37)(H,33,39)(H,41,42)/t13-,14-,15+,16?,17-,19-/m0/s1. The van der Waals surface area contributed by atoms with Gasteiger partial charge < -0.3 is 53.6 Å². The van der Waals surface area contributed by atoms with Gasteiger partial charge in [0.15, 0.2) is 0 Å². The summed E-state index contributed by atoms with van der Waals surface area (Å²) in [6.45, 7) is 4.43. The average molecular weight is 603 g/mol. The number of aliphatic hydroxyl groups excluding tert-OH is 1. The molecule has 0 aromatic rings. The first-order valence-corrected chi connectivity index (χ1v) is 13.7. The van der Waals surface area contributed by atoms with E-state index in [-0.39, 0.29) is 25.8 Å². The van der Waals surface area contributed by atoms with E-state index in [1.54, 1.807) is 7.05 Å². The molecule has 0 aromatic heterocycles. The molecule has 0 aromatic carbocycles. The number of rotatable bonds is 21. The van der Waals surface area contributed by atoms with Crippen LogP contribution in [0.3, 0.4) is 0 Å². The van der Waals surface area contributed by atoms with Crippen LogP contribution in [0.4, 0.5) is 0 Å². The van der Waals surface area contributed by atoms with E-state index < -0.39 is 77.6 Å². The van der Waals surface area contributed by atoms with Gasteiger partial charge in [0.1, 0.15) is 24.2 Å². The van der Waals surface area contributed by atoms with Crippen molar-refractivity contribution < 1.29 is 43.8 Å². The molecule has 17 nitrogen and oxygen atoms in total. The largest absolute Gasteiger partial charge is 0.475 e. The van der Waals surface area contributed by atoms with E-state index in [1.807, 2.05) is 0 Å². The highest BCUT2D eigenvalue weighted by molar-refractivity contribution is 6.35. The molecule has 0 radical (unpaired) electrons. The van der Waals surface area contributed by atoms with Gasteiger partial charge in [0.25, 0.3) is 5.78 Å². The molecule has 0 aliphatic heterocycles. The second-order valence-electron chi connectivity index (χ2n) is 9.75. The predicted molar refractivity (Wildman–Crippen MR) is 150 cm³/mol. The predicted octanol–water partition coefficient (Wildman–Crippen LogP) is -4.43. The van der Waals surface area contributed by atoms with Gasteiger partial charge in [-0.25, -0.2) is 4.79 Å². The van der Waals surface area contributed by atoms with Gasteiger partial charge >= 0.3 is 5.97 Å². The number of nitrogens with one attached hydrogen (secondary N) is 6. The zero-order valence-corrected chi connectivity index (χ0v) is 24.5. The number of carboxylic acids is 1. The normalized spacial score (nSPS) is 15.1. The van der Waals surface area contributed by atoms with Gasteiger partial charge in [0.2, 0.25) is 29.5 Å². The molecular weight excluding hydrogens is 556 g/mol. The Morgan fingerprint density at radius 2 is 1.26 bits per heavy atom. The molecule has 5 amide bonds. The zero-order chi connectivity index (χ0) is 32.4. The SMILES string of the molecule is CNCCC(=O)NC(CCCCN)C(=O)N[C@H](C(=O)N[C@@H](C)C(=O)N[C@@H](CCN)C(=O)N[C@@H](C)C(=O)C(=O)O)[C@@H](C)O. The van der Waals surface area contributed by atoms with Crippen LogP contribution in [0.2, 0.25) is 0 Å². The molecule has 0 fully saturated rings. The van der Waals surface area contributed by atoms with Crippen LogP contribution in [0, 0.1) is 0 Å². The third-order valence-electron chi connectivity index (χ3n) is 6.07. The van der Waals surface area contributed by atoms with Gasteiger partial charge in [0, 0.05) is 13.0 Å². The lowest BCUT2D eigenvalue weighted by atomic mass is 10.1. The molecule has 6 atom stereocenters. The van der Waals surface area contributed by atoms with Crippen molar-refractivity contribution in [3.05, 3.63) is 0 Å². The second-order valence-corrected chi connectivity index (χ2v) is 9.75. The fourth-order valence-corrected chi connectivity index (χ4v) is 3.59. The van der Waals surface area contributed by atoms with Gasteiger partial charge in [-0.05, 0) is 66.6 Å². The molecule has 0 bridgehead atoms. The Balaban J connectivity index is 5.42. The van der Waals surface area contributed by atoms with Crippen LogP contribution in [0.15, 0.2) is 0 Å². The van der Waals surface area contributed by atoms with Gasteiger partial charge in [-0.2, -0.15) is 0 Å². The van der Waals surface area contributed by atoms with Crippen molar-refractivity contribution in [3.8, 4) is 0 Å². The molecule has 0 rings (SSSR count). The van der Waals surface area contributed by atoms with Crippen molar-refractivity contribution >= 4 is 41.3 Å². The Hall–Kier alpha value is -3.67. The fourth-order valence-electron chi connectivity index (χ4n) is 3.59. The van der Waals surface area contributed by atoms with E-state index >= 15 is 0 Å². The number of aliphatic carboxylic acids is 1. The van der Waals surface area contributed by atoms with E-state index in [4.69, 9.17) is 16.6 Å². The minimum atomic E-state index is -1.74. The number of carboxylic acid groups (broad SMARTS) is 1. The maximum Gasteiger partial charge on any atom is 0.374 e. The number of unbranched alkanes of at least 4 members (excludes halogenated alkanes) is 1. The van der Waals surface area contributed by atoms with E-state index in [0.29, 0.717) is 25.9 Å². The first kappa shape index (κ1) is 38.3. The molecule has 0 heterocycles. The minimum absolute atomic E-state index is 0.0472. The topological polar surface area (TPSA) is 284 Å². The summed E-state index contributed by atoms with van der Waals surface area (Å²) in [5, 5.41) is 33.8. The Kier molecular flexibility index (Phi) is 18.5. The van der Waals surface area contributed by atoms with Crippen LogP contribution >= 0.6 is 0 Å². The highest BCUT2D eigenvalue weighted by Gasteiger charge is 2.32. The first-order valence-electron chi connectivity index (χ1n) is 13.7. The summed E-state index contributed by atoms with van der Waals surface area (Å²) in [7, 11) is 1.67. The van der Waals surface area contributed by atoms with E-state index in [1.165, 1.54) is 20.8 Å².